The van der Waals surface area contributed by atoms with Crippen molar-refractivity contribution < 1.29 is 0 Å². The second-order valence-electron chi connectivity index (χ2n) is 2.85. The van der Waals surface area contributed by atoms with Gasteiger partial charge in [0.05, 0.1) is 0 Å². The smallest absolute Gasteiger partial charge is 0.174 e. The zero-order chi connectivity index (χ0) is 9.68. The van der Waals surface area contributed by atoms with Crippen LogP contribution in [-0.2, 0) is 0 Å². The predicted molar refractivity (Wildman–Crippen MR) is 63.0 cm³/mol. The van der Waals surface area contributed by atoms with Crippen LogP contribution in [0.3, 0.4) is 0 Å². The standard InChI is InChI=1S/C8H14N2S3/c1-3-7(4-11)5-12-8-10-9-6(2)13-8/h7,11H,3-5H2,1-2H3. The monoisotopic (exact) mass is 234 g/mol. The molecule has 1 aromatic rings. The van der Waals surface area contributed by atoms with Gasteiger partial charge in [-0.3, -0.25) is 0 Å². The van der Waals surface area contributed by atoms with Crippen LogP contribution in [0.2, 0.25) is 0 Å². The first-order valence-electron chi connectivity index (χ1n) is 4.30. The van der Waals surface area contributed by atoms with Crippen LogP contribution < -0.4 is 0 Å². The molecule has 0 amide bonds. The predicted octanol–water partition coefficient (Wildman–Crippen LogP) is 2.89. The molecule has 0 spiro atoms. The zero-order valence-corrected chi connectivity index (χ0v) is 10.4. The van der Waals surface area contributed by atoms with Gasteiger partial charge in [0.15, 0.2) is 4.34 Å². The number of hydrogen-bond donors (Lipinski definition) is 1. The molecule has 0 aliphatic heterocycles. The van der Waals surface area contributed by atoms with Crippen LogP contribution in [0.15, 0.2) is 4.34 Å². The van der Waals surface area contributed by atoms with Crippen molar-refractivity contribution in [3.63, 3.8) is 0 Å². The molecule has 0 saturated carbocycles. The number of rotatable bonds is 5. The fourth-order valence-corrected chi connectivity index (χ4v) is 3.44. The average molecular weight is 234 g/mol. The first-order chi connectivity index (χ1) is 6.26. The minimum atomic E-state index is 0.692. The highest BCUT2D eigenvalue weighted by molar-refractivity contribution is 8.01. The third-order valence-electron chi connectivity index (χ3n) is 1.79. The van der Waals surface area contributed by atoms with E-state index in [2.05, 4.69) is 29.7 Å². The van der Waals surface area contributed by atoms with Crippen molar-refractivity contribution in [1.82, 2.24) is 10.2 Å². The summed E-state index contributed by atoms with van der Waals surface area (Å²) in [5, 5.41) is 9.08. The van der Waals surface area contributed by atoms with Crippen LogP contribution in [0.5, 0.6) is 0 Å². The highest BCUT2D eigenvalue weighted by atomic mass is 32.2. The highest BCUT2D eigenvalue weighted by Crippen LogP contribution is 2.25. The second-order valence-corrected chi connectivity index (χ2v) is 5.67. The number of nitrogens with zero attached hydrogens (tertiary/aromatic N) is 2. The summed E-state index contributed by atoms with van der Waals surface area (Å²) in [6.45, 7) is 4.18. The quantitative estimate of drug-likeness (QED) is 0.626. The Morgan fingerprint density at radius 3 is 2.77 bits per heavy atom. The maximum Gasteiger partial charge on any atom is 0.174 e. The van der Waals surface area contributed by atoms with E-state index in [1.165, 1.54) is 6.42 Å². The van der Waals surface area contributed by atoms with Crippen molar-refractivity contribution in [1.29, 1.82) is 0 Å². The van der Waals surface area contributed by atoms with Crippen molar-refractivity contribution in [3.8, 4) is 0 Å². The van der Waals surface area contributed by atoms with Crippen LogP contribution in [0.4, 0.5) is 0 Å². The highest BCUT2D eigenvalue weighted by Gasteiger charge is 2.07. The molecule has 2 nitrogen and oxygen atoms in total. The van der Waals surface area contributed by atoms with E-state index in [0.29, 0.717) is 5.92 Å². The van der Waals surface area contributed by atoms with Gasteiger partial charge in [0.1, 0.15) is 5.01 Å². The molecule has 0 N–H and O–H groups in total. The first-order valence-corrected chi connectivity index (χ1v) is 6.73. The van der Waals surface area contributed by atoms with E-state index in [1.807, 2.05) is 6.92 Å². The molecule has 1 heterocycles. The van der Waals surface area contributed by atoms with Gasteiger partial charge in [0.2, 0.25) is 0 Å². The largest absolute Gasteiger partial charge is 0.179 e. The van der Waals surface area contributed by atoms with E-state index in [9.17, 15) is 0 Å². The topological polar surface area (TPSA) is 25.8 Å². The molecule has 0 aliphatic rings. The molecular weight excluding hydrogens is 220 g/mol. The lowest BCUT2D eigenvalue weighted by atomic mass is 10.2. The molecule has 5 heteroatoms. The Hall–Kier alpha value is 0.260. The SMILES string of the molecule is CCC(CS)CSc1nnc(C)s1. The van der Waals surface area contributed by atoms with Crippen LogP contribution in [0, 0.1) is 12.8 Å². The Balaban J connectivity index is 2.33. The number of hydrogen-bond acceptors (Lipinski definition) is 5. The van der Waals surface area contributed by atoms with Crippen molar-refractivity contribution in [2.24, 2.45) is 5.92 Å². The van der Waals surface area contributed by atoms with Crippen molar-refractivity contribution >= 4 is 35.7 Å². The Kier molecular flexibility index (Phi) is 5.13. The van der Waals surface area contributed by atoms with Crippen LogP contribution in [0.25, 0.3) is 0 Å². The molecule has 0 aromatic carbocycles. The molecule has 13 heavy (non-hydrogen) atoms. The van der Waals surface area contributed by atoms with Gasteiger partial charge in [-0.2, -0.15) is 12.6 Å². The molecule has 0 saturated heterocycles. The van der Waals surface area contributed by atoms with E-state index in [1.54, 1.807) is 23.1 Å². The maximum atomic E-state index is 4.30. The van der Waals surface area contributed by atoms with Gasteiger partial charge in [-0.15, -0.1) is 10.2 Å². The number of aromatic nitrogens is 2. The summed E-state index contributed by atoms with van der Waals surface area (Å²) in [7, 11) is 0. The average Bonchev–Trinajstić information content (AvgIpc) is 2.53. The van der Waals surface area contributed by atoms with Crippen LogP contribution in [-0.4, -0.2) is 21.7 Å². The molecule has 1 unspecified atom stereocenters. The zero-order valence-electron chi connectivity index (χ0n) is 7.86. The molecule has 0 bridgehead atoms. The third-order valence-corrected chi connectivity index (χ3v) is 4.51. The summed E-state index contributed by atoms with van der Waals surface area (Å²) in [5.41, 5.74) is 0. The summed E-state index contributed by atoms with van der Waals surface area (Å²) in [6, 6.07) is 0. The number of thiol groups is 1. The lowest BCUT2D eigenvalue weighted by Crippen LogP contribution is -2.03. The van der Waals surface area contributed by atoms with Gasteiger partial charge < -0.3 is 0 Å². The Bertz CT molecular complexity index is 245. The minimum Gasteiger partial charge on any atom is -0.179 e. The van der Waals surface area contributed by atoms with Crippen LogP contribution in [0.1, 0.15) is 18.4 Å². The second kappa shape index (κ2) is 5.88. The lowest BCUT2D eigenvalue weighted by Gasteiger charge is -2.08. The number of aryl methyl sites for hydroxylation is 1. The fourth-order valence-electron chi connectivity index (χ4n) is 0.826. The first kappa shape index (κ1) is 11.3. The van der Waals surface area contributed by atoms with Gasteiger partial charge in [-0.05, 0) is 18.6 Å². The van der Waals surface area contributed by atoms with E-state index in [-0.39, 0.29) is 0 Å². The summed E-state index contributed by atoms with van der Waals surface area (Å²) in [6.07, 6.45) is 1.19. The molecule has 1 rings (SSSR count). The molecular formula is C8H14N2S3. The third kappa shape index (κ3) is 3.87. The van der Waals surface area contributed by atoms with Gasteiger partial charge in [-0.25, -0.2) is 0 Å². The Morgan fingerprint density at radius 1 is 1.54 bits per heavy atom. The summed E-state index contributed by atoms with van der Waals surface area (Å²) < 4.78 is 1.08. The Labute approximate surface area is 92.9 Å². The van der Waals surface area contributed by atoms with Gasteiger partial charge >= 0.3 is 0 Å². The molecule has 74 valence electrons. The molecule has 0 fully saturated rings. The fraction of sp³-hybridized carbons (Fsp3) is 0.750. The van der Waals surface area contributed by atoms with E-state index in [0.717, 1.165) is 20.9 Å². The van der Waals surface area contributed by atoms with E-state index < -0.39 is 0 Å². The van der Waals surface area contributed by atoms with Crippen LogP contribution >= 0.6 is 35.7 Å². The normalized spacial score (nSPS) is 13.2. The Morgan fingerprint density at radius 2 is 2.31 bits per heavy atom. The minimum absolute atomic E-state index is 0.692. The maximum absolute atomic E-state index is 4.30. The van der Waals surface area contributed by atoms with Crippen molar-refractivity contribution in [3.05, 3.63) is 5.01 Å². The van der Waals surface area contributed by atoms with Gasteiger partial charge in [0.25, 0.3) is 0 Å². The number of thioether (sulfide) groups is 1. The summed E-state index contributed by atoms with van der Waals surface area (Å²) >= 11 is 7.76. The van der Waals surface area contributed by atoms with Gasteiger partial charge in [-0.1, -0.05) is 36.4 Å². The molecule has 0 aliphatic carbocycles. The molecule has 1 aromatic heterocycles. The lowest BCUT2D eigenvalue weighted by molar-refractivity contribution is 0.649. The van der Waals surface area contributed by atoms with E-state index >= 15 is 0 Å². The van der Waals surface area contributed by atoms with E-state index in [4.69, 9.17) is 0 Å². The summed E-state index contributed by atoms with van der Waals surface area (Å²) in [5.74, 6) is 2.76. The van der Waals surface area contributed by atoms with Gasteiger partial charge in [0, 0.05) is 5.75 Å². The molecule has 1 atom stereocenters. The van der Waals surface area contributed by atoms with Crippen molar-refractivity contribution in [2.45, 2.75) is 24.6 Å². The van der Waals surface area contributed by atoms with Crippen molar-refractivity contribution in [2.75, 3.05) is 11.5 Å². The molecule has 0 radical (unpaired) electrons. The summed E-state index contributed by atoms with van der Waals surface area (Å²) in [4.78, 5) is 0.